The van der Waals surface area contributed by atoms with Gasteiger partial charge in [-0.3, -0.25) is 4.79 Å². The molecule has 21 heavy (non-hydrogen) atoms. The van der Waals surface area contributed by atoms with Crippen LogP contribution in [0.15, 0.2) is 54.6 Å². The quantitative estimate of drug-likeness (QED) is 0.821. The molecule has 1 atom stereocenters. The van der Waals surface area contributed by atoms with Crippen molar-refractivity contribution in [2.45, 2.75) is 12.5 Å². The second-order valence-corrected chi connectivity index (χ2v) is 4.70. The molecule has 0 radical (unpaired) electrons. The first kappa shape index (κ1) is 15.1. The van der Waals surface area contributed by atoms with Crippen LogP contribution in [0.2, 0.25) is 0 Å². The second kappa shape index (κ2) is 7.45. The number of carboxylic acids is 1. The van der Waals surface area contributed by atoms with Gasteiger partial charge in [0.1, 0.15) is 11.8 Å². The number of ether oxygens (including phenoxy) is 1. The van der Waals surface area contributed by atoms with Gasteiger partial charge in [0.05, 0.1) is 7.11 Å². The fraction of sp³-hybridized carbons (Fsp3) is 0.235. The fourth-order valence-corrected chi connectivity index (χ4v) is 2.24. The molecule has 0 bridgehead atoms. The first-order chi connectivity index (χ1) is 10.2. The van der Waals surface area contributed by atoms with Crippen LogP contribution in [0.3, 0.4) is 0 Å². The van der Waals surface area contributed by atoms with Crippen molar-refractivity contribution in [1.29, 1.82) is 0 Å². The van der Waals surface area contributed by atoms with E-state index in [0.717, 1.165) is 6.42 Å². The Balaban J connectivity index is 2.04. The number of benzene rings is 2. The van der Waals surface area contributed by atoms with E-state index < -0.39 is 12.0 Å². The molecule has 4 heteroatoms. The number of hydrogen-bond acceptors (Lipinski definition) is 3. The highest BCUT2D eigenvalue weighted by Crippen LogP contribution is 2.24. The molecule has 2 aromatic carbocycles. The summed E-state index contributed by atoms with van der Waals surface area (Å²) >= 11 is 0. The second-order valence-electron chi connectivity index (χ2n) is 4.70. The van der Waals surface area contributed by atoms with Gasteiger partial charge < -0.3 is 15.2 Å². The molecule has 0 saturated carbocycles. The van der Waals surface area contributed by atoms with Gasteiger partial charge in [-0.1, -0.05) is 48.5 Å². The third kappa shape index (κ3) is 4.07. The zero-order chi connectivity index (χ0) is 15.1. The molecule has 1 unspecified atom stereocenters. The molecule has 2 rings (SSSR count). The van der Waals surface area contributed by atoms with Gasteiger partial charge in [0.25, 0.3) is 0 Å². The Bertz CT molecular complexity index is 584. The van der Waals surface area contributed by atoms with Crippen LogP contribution in [-0.2, 0) is 11.2 Å². The SMILES string of the molecule is COc1ccccc1C(NCCc1ccccc1)C(=O)O. The van der Waals surface area contributed by atoms with Crippen LogP contribution in [0.4, 0.5) is 0 Å². The van der Waals surface area contributed by atoms with Crippen molar-refractivity contribution in [3.63, 3.8) is 0 Å². The summed E-state index contributed by atoms with van der Waals surface area (Å²) < 4.78 is 5.24. The number of aliphatic carboxylic acids is 1. The smallest absolute Gasteiger partial charge is 0.325 e. The van der Waals surface area contributed by atoms with Crippen molar-refractivity contribution in [2.24, 2.45) is 0 Å². The molecule has 0 heterocycles. The van der Waals surface area contributed by atoms with Gasteiger partial charge >= 0.3 is 5.97 Å². The number of carbonyl (C=O) groups is 1. The standard InChI is InChI=1S/C17H19NO3/c1-21-15-10-6-5-9-14(15)16(17(19)20)18-12-11-13-7-3-2-4-8-13/h2-10,16,18H,11-12H2,1H3,(H,19,20). The molecule has 0 aliphatic rings. The van der Waals surface area contributed by atoms with E-state index in [2.05, 4.69) is 5.32 Å². The molecule has 0 aliphatic carbocycles. The van der Waals surface area contributed by atoms with Crippen molar-refractivity contribution < 1.29 is 14.6 Å². The molecule has 110 valence electrons. The molecule has 0 amide bonds. The summed E-state index contributed by atoms with van der Waals surface area (Å²) in [6.07, 6.45) is 0.778. The minimum absolute atomic E-state index is 0.581. The zero-order valence-corrected chi connectivity index (χ0v) is 12.0. The van der Waals surface area contributed by atoms with Crippen molar-refractivity contribution in [1.82, 2.24) is 5.32 Å². The lowest BCUT2D eigenvalue weighted by Gasteiger charge is -2.17. The highest BCUT2D eigenvalue weighted by Gasteiger charge is 2.22. The van der Waals surface area contributed by atoms with Crippen LogP contribution in [0.5, 0.6) is 5.75 Å². The van der Waals surface area contributed by atoms with Gasteiger partial charge in [0.2, 0.25) is 0 Å². The summed E-state index contributed by atoms with van der Waals surface area (Å²) in [5, 5.41) is 12.5. The van der Waals surface area contributed by atoms with E-state index >= 15 is 0 Å². The van der Waals surface area contributed by atoms with Gasteiger partial charge in [-0.05, 0) is 18.1 Å². The third-order valence-electron chi connectivity index (χ3n) is 3.30. The highest BCUT2D eigenvalue weighted by atomic mass is 16.5. The van der Waals surface area contributed by atoms with Gasteiger partial charge in [-0.15, -0.1) is 0 Å². The number of hydrogen-bond donors (Lipinski definition) is 2. The van der Waals surface area contributed by atoms with E-state index in [-0.39, 0.29) is 0 Å². The molecule has 0 fully saturated rings. The van der Waals surface area contributed by atoms with E-state index in [9.17, 15) is 9.90 Å². The van der Waals surface area contributed by atoms with E-state index in [1.54, 1.807) is 19.2 Å². The first-order valence-electron chi connectivity index (χ1n) is 6.85. The van der Waals surface area contributed by atoms with Crippen LogP contribution >= 0.6 is 0 Å². The Morgan fingerprint density at radius 3 is 2.48 bits per heavy atom. The lowest BCUT2D eigenvalue weighted by molar-refractivity contribution is -0.139. The van der Waals surface area contributed by atoms with Crippen LogP contribution in [-0.4, -0.2) is 24.7 Å². The Kier molecular flexibility index (Phi) is 5.35. The predicted octanol–water partition coefficient (Wildman–Crippen LogP) is 2.65. The van der Waals surface area contributed by atoms with Crippen LogP contribution in [0.1, 0.15) is 17.2 Å². The van der Waals surface area contributed by atoms with E-state index in [1.807, 2.05) is 42.5 Å². The predicted molar refractivity (Wildman–Crippen MR) is 81.5 cm³/mol. The fourth-order valence-electron chi connectivity index (χ4n) is 2.24. The monoisotopic (exact) mass is 285 g/mol. The minimum Gasteiger partial charge on any atom is -0.496 e. The summed E-state index contributed by atoms with van der Waals surface area (Å²) in [5.74, 6) is -0.329. The highest BCUT2D eigenvalue weighted by molar-refractivity contribution is 5.76. The van der Waals surface area contributed by atoms with E-state index in [4.69, 9.17) is 4.74 Å². The topological polar surface area (TPSA) is 58.6 Å². The molecule has 4 nitrogen and oxygen atoms in total. The summed E-state index contributed by atoms with van der Waals surface area (Å²) in [5.41, 5.74) is 1.81. The normalized spacial score (nSPS) is 11.9. The van der Waals surface area contributed by atoms with E-state index in [1.165, 1.54) is 5.56 Å². The number of rotatable bonds is 7. The van der Waals surface area contributed by atoms with Crippen molar-refractivity contribution in [3.8, 4) is 5.75 Å². The minimum atomic E-state index is -0.910. The number of carboxylic acid groups (broad SMARTS) is 1. The molecule has 0 spiro atoms. The van der Waals surface area contributed by atoms with Crippen molar-refractivity contribution >= 4 is 5.97 Å². The van der Waals surface area contributed by atoms with Gasteiger partial charge in [0, 0.05) is 12.1 Å². The average Bonchev–Trinajstić information content (AvgIpc) is 2.52. The summed E-state index contributed by atoms with van der Waals surface area (Å²) in [6, 6.07) is 16.4. The molecule has 0 aliphatic heterocycles. The summed E-state index contributed by atoms with van der Waals surface area (Å²) in [7, 11) is 1.54. The van der Waals surface area contributed by atoms with Crippen LogP contribution < -0.4 is 10.1 Å². The first-order valence-corrected chi connectivity index (χ1v) is 6.85. The molecular formula is C17H19NO3. The maximum Gasteiger partial charge on any atom is 0.325 e. The number of para-hydroxylation sites is 1. The Morgan fingerprint density at radius 1 is 1.14 bits per heavy atom. The summed E-state index contributed by atoms with van der Waals surface area (Å²) in [4.78, 5) is 11.5. The molecule has 0 saturated heterocycles. The Labute approximate surface area is 124 Å². The zero-order valence-electron chi connectivity index (χ0n) is 12.0. The maximum absolute atomic E-state index is 11.5. The van der Waals surface area contributed by atoms with E-state index in [0.29, 0.717) is 17.9 Å². The summed E-state index contributed by atoms with van der Waals surface area (Å²) in [6.45, 7) is 0.582. The number of nitrogens with one attached hydrogen (secondary N) is 1. The lowest BCUT2D eigenvalue weighted by atomic mass is 10.1. The third-order valence-corrected chi connectivity index (χ3v) is 3.30. The van der Waals surface area contributed by atoms with Crippen LogP contribution in [0, 0.1) is 0 Å². The van der Waals surface area contributed by atoms with Crippen molar-refractivity contribution in [3.05, 3.63) is 65.7 Å². The molecule has 2 N–H and O–H groups in total. The van der Waals surface area contributed by atoms with Gasteiger partial charge in [-0.25, -0.2) is 0 Å². The van der Waals surface area contributed by atoms with Crippen LogP contribution in [0.25, 0.3) is 0 Å². The molecule has 2 aromatic rings. The van der Waals surface area contributed by atoms with Gasteiger partial charge in [0.15, 0.2) is 0 Å². The maximum atomic E-state index is 11.5. The van der Waals surface area contributed by atoms with Gasteiger partial charge in [-0.2, -0.15) is 0 Å². The lowest BCUT2D eigenvalue weighted by Crippen LogP contribution is -2.30. The average molecular weight is 285 g/mol. The molecular weight excluding hydrogens is 266 g/mol. The molecule has 0 aromatic heterocycles. The Hall–Kier alpha value is -2.33. The largest absolute Gasteiger partial charge is 0.496 e. The Morgan fingerprint density at radius 2 is 1.81 bits per heavy atom. The van der Waals surface area contributed by atoms with Crippen molar-refractivity contribution in [2.75, 3.05) is 13.7 Å². The number of methoxy groups -OCH3 is 1.